The summed E-state index contributed by atoms with van der Waals surface area (Å²) in [5.74, 6) is 3.09. The van der Waals surface area contributed by atoms with E-state index < -0.39 is 0 Å². The molecule has 0 atom stereocenters. The zero-order chi connectivity index (χ0) is 27.4. The highest BCUT2D eigenvalue weighted by atomic mass is 15.0. The van der Waals surface area contributed by atoms with Crippen LogP contribution in [0.3, 0.4) is 0 Å². The van der Waals surface area contributed by atoms with Gasteiger partial charge in [-0.05, 0) is 12.8 Å². The van der Waals surface area contributed by atoms with Crippen molar-refractivity contribution in [2.75, 3.05) is 0 Å². The Labute approximate surface area is 239 Å². The van der Waals surface area contributed by atoms with Crippen LogP contribution >= 0.6 is 0 Å². The minimum absolute atomic E-state index is 0.916. The first-order chi connectivity index (χ1) is 18.8. The predicted molar refractivity (Wildman–Crippen MR) is 168 cm³/mol. The smallest absolute Gasteiger partial charge is 0.132 e. The lowest BCUT2D eigenvalue weighted by Gasteiger charge is -2.07. The molecule has 0 radical (unpaired) electrons. The van der Waals surface area contributed by atoms with Gasteiger partial charge >= 0.3 is 0 Å². The van der Waals surface area contributed by atoms with E-state index in [1.807, 2.05) is 0 Å². The van der Waals surface area contributed by atoms with Crippen molar-refractivity contribution in [3.05, 3.63) is 17.5 Å². The van der Waals surface area contributed by atoms with Gasteiger partial charge in [-0.15, -0.1) is 0 Å². The average Bonchev–Trinajstić information content (AvgIpc) is 2.93. The van der Waals surface area contributed by atoms with Crippen molar-refractivity contribution in [1.82, 2.24) is 15.0 Å². The van der Waals surface area contributed by atoms with Gasteiger partial charge < -0.3 is 0 Å². The van der Waals surface area contributed by atoms with E-state index in [1.54, 1.807) is 0 Å². The standard InChI is InChI=1S/C35H67N3/c1-4-7-9-11-13-15-17-19-21-23-25-27-29-31-34-36-33(6-3)37-35(38-34)32-30-28-26-24-22-20-18-16-14-12-10-8-5-2/h4-32H2,1-3H3. The third-order valence-corrected chi connectivity index (χ3v) is 8.10. The molecular weight excluding hydrogens is 462 g/mol. The van der Waals surface area contributed by atoms with Crippen LogP contribution in [0.1, 0.15) is 205 Å². The first-order valence-electron chi connectivity index (χ1n) is 17.5. The zero-order valence-electron chi connectivity index (χ0n) is 26.3. The Balaban J connectivity index is 2.03. The molecule has 0 N–H and O–H groups in total. The topological polar surface area (TPSA) is 38.7 Å². The molecule has 1 aromatic rings. The maximum Gasteiger partial charge on any atom is 0.132 e. The van der Waals surface area contributed by atoms with Crippen LogP contribution in [0.5, 0.6) is 0 Å². The van der Waals surface area contributed by atoms with Crippen molar-refractivity contribution in [2.24, 2.45) is 0 Å². The van der Waals surface area contributed by atoms with Gasteiger partial charge in [0.25, 0.3) is 0 Å². The molecule has 0 aliphatic carbocycles. The molecule has 0 aliphatic rings. The molecule has 0 saturated carbocycles. The van der Waals surface area contributed by atoms with Gasteiger partial charge in [0.1, 0.15) is 17.5 Å². The van der Waals surface area contributed by atoms with Gasteiger partial charge in [0.05, 0.1) is 0 Å². The molecule has 3 nitrogen and oxygen atoms in total. The highest BCUT2D eigenvalue weighted by Crippen LogP contribution is 2.15. The van der Waals surface area contributed by atoms with E-state index in [2.05, 4.69) is 20.8 Å². The highest BCUT2D eigenvalue weighted by Gasteiger charge is 2.06. The summed E-state index contributed by atoms with van der Waals surface area (Å²) >= 11 is 0. The molecule has 0 spiro atoms. The first-order valence-corrected chi connectivity index (χ1v) is 17.5. The van der Waals surface area contributed by atoms with E-state index in [1.165, 1.54) is 167 Å². The lowest BCUT2D eigenvalue weighted by molar-refractivity contribution is 0.535. The van der Waals surface area contributed by atoms with Crippen LogP contribution < -0.4 is 0 Å². The number of aryl methyl sites for hydroxylation is 3. The largest absolute Gasteiger partial charge is 0.218 e. The van der Waals surface area contributed by atoms with E-state index in [4.69, 9.17) is 15.0 Å². The van der Waals surface area contributed by atoms with Crippen LogP contribution in [0.2, 0.25) is 0 Å². The summed E-state index contributed by atoms with van der Waals surface area (Å²) in [5, 5.41) is 0. The van der Waals surface area contributed by atoms with Crippen molar-refractivity contribution < 1.29 is 0 Å². The number of hydrogen-bond donors (Lipinski definition) is 0. The van der Waals surface area contributed by atoms with E-state index in [0.29, 0.717) is 0 Å². The maximum absolute atomic E-state index is 4.85. The molecule has 0 saturated heterocycles. The molecular formula is C35H67N3. The Kier molecular flexibility index (Phi) is 25.4. The van der Waals surface area contributed by atoms with E-state index in [-0.39, 0.29) is 0 Å². The van der Waals surface area contributed by atoms with Crippen LogP contribution in [-0.4, -0.2) is 15.0 Å². The molecule has 0 unspecified atom stereocenters. The van der Waals surface area contributed by atoms with E-state index >= 15 is 0 Å². The second-order valence-electron chi connectivity index (χ2n) is 11.9. The Bertz CT molecular complexity index is 567. The Morgan fingerprint density at radius 3 is 0.789 bits per heavy atom. The zero-order valence-corrected chi connectivity index (χ0v) is 26.3. The lowest BCUT2D eigenvalue weighted by atomic mass is 10.0. The Hall–Kier alpha value is -0.990. The van der Waals surface area contributed by atoms with Crippen LogP contribution in [0.4, 0.5) is 0 Å². The van der Waals surface area contributed by atoms with Crippen LogP contribution in [0.15, 0.2) is 0 Å². The van der Waals surface area contributed by atoms with Crippen molar-refractivity contribution >= 4 is 0 Å². The summed E-state index contributed by atoms with van der Waals surface area (Å²) in [6.07, 6.45) is 39.3. The van der Waals surface area contributed by atoms with Crippen molar-refractivity contribution in [1.29, 1.82) is 0 Å². The molecule has 0 fully saturated rings. The predicted octanol–water partition coefficient (Wildman–Crippen LogP) is 11.7. The molecule has 1 aromatic heterocycles. The van der Waals surface area contributed by atoms with Crippen molar-refractivity contribution in [2.45, 2.75) is 207 Å². The number of nitrogens with zero attached hydrogens (tertiary/aromatic N) is 3. The molecule has 0 aliphatic heterocycles. The first kappa shape index (κ1) is 35.0. The minimum Gasteiger partial charge on any atom is -0.218 e. The molecule has 0 aromatic carbocycles. The molecule has 1 heterocycles. The fraction of sp³-hybridized carbons (Fsp3) is 0.914. The average molecular weight is 530 g/mol. The quantitative estimate of drug-likeness (QED) is 0.0968. The summed E-state index contributed by atoms with van der Waals surface area (Å²) in [6, 6.07) is 0. The third kappa shape index (κ3) is 21.9. The summed E-state index contributed by atoms with van der Waals surface area (Å²) in [5.41, 5.74) is 0. The normalized spacial score (nSPS) is 11.4. The Morgan fingerprint density at radius 2 is 0.526 bits per heavy atom. The molecule has 0 bridgehead atoms. The van der Waals surface area contributed by atoms with Gasteiger partial charge in [-0.25, -0.2) is 15.0 Å². The summed E-state index contributed by atoms with van der Waals surface area (Å²) in [4.78, 5) is 14.3. The van der Waals surface area contributed by atoms with E-state index in [0.717, 1.165) is 36.7 Å². The van der Waals surface area contributed by atoms with Crippen LogP contribution in [0.25, 0.3) is 0 Å². The second-order valence-corrected chi connectivity index (χ2v) is 11.9. The fourth-order valence-electron chi connectivity index (χ4n) is 5.51. The Morgan fingerprint density at radius 1 is 0.289 bits per heavy atom. The summed E-state index contributed by atoms with van der Waals surface area (Å²) < 4.78 is 0. The van der Waals surface area contributed by atoms with Gasteiger partial charge in [-0.3, -0.25) is 0 Å². The van der Waals surface area contributed by atoms with Gasteiger partial charge in [0, 0.05) is 19.3 Å². The summed E-state index contributed by atoms with van der Waals surface area (Å²) in [6.45, 7) is 6.76. The molecule has 222 valence electrons. The number of hydrogen-bond acceptors (Lipinski definition) is 3. The molecule has 0 amide bonds. The van der Waals surface area contributed by atoms with Gasteiger partial charge in [0.15, 0.2) is 0 Å². The van der Waals surface area contributed by atoms with E-state index in [9.17, 15) is 0 Å². The van der Waals surface area contributed by atoms with Gasteiger partial charge in [-0.2, -0.15) is 0 Å². The minimum atomic E-state index is 0.916. The van der Waals surface area contributed by atoms with Crippen molar-refractivity contribution in [3.8, 4) is 0 Å². The number of aromatic nitrogens is 3. The fourth-order valence-corrected chi connectivity index (χ4v) is 5.51. The number of rotatable bonds is 29. The SMILES string of the molecule is CCCCCCCCCCCCCCCc1nc(CC)nc(CCCCCCCCCCCCCCC)n1. The van der Waals surface area contributed by atoms with Crippen LogP contribution in [0, 0.1) is 0 Å². The molecule has 3 heteroatoms. The van der Waals surface area contributed by atoms with Crippen LogP contribution in [-0.2, 0) is 19.3 Å². The maximum atomic E-state index is 4.85. The summed E-state index contributed by atoms with van der Waals surface area (Å²) in [7, 11) is 0. The van der Waals surface area contributed by atoms with Crippen molar-refractivity contribution in [3.63, 3.8) is 0 Å². The third-order valence-electron chi connectivity index (χ3n) is 8.10. The highest BCUT2D eigenvalue weighted by molar-refractivity contribution is 4.98. The molecule has 38 heavy (non-hydrogen) atoms. The van der Waals surface area contributed by atoms with Gasteiger partial charge in [-0.1, -0.05) is 175 Å². The lowest BCUT2D eigenvalue weighted by Crippen LogP contribution is -2.07. The number of unbranched alkanes of at least 4 members (excludes halogenated alkanes) is 24. The molecule has 1 rings (SSSR count). The monoisotopic (exact) mass is 530 g/mol. The second kappa shape index (κ2) is 27.6. The van der Waals surface area contributed by atoms with Gasteiger partial charge in [0.2, 0.25) is 0 Å².